The van der Waals surface area contributed by atoms with Crippen molar-refractivity contribution in [3.05, 3.63) is 88.9 Å². The molecule has 0 aliphatic carbocycles. The number of halogens is 1. The summed E-state index contributed by atoms with van der Waals surface area (Å²) in [5.41, 5.74) is 4.13. The van der Waals surface area contributed by atoms with E-state index < -0.39 is 11.8 Å². The van der Waals surface area contributed by atoms with Gasteiger partial charge in [0.25, 0.3) is 0 Å². The average Bonchev–Trinajstić information content (AvgIpc) is 2.79. The molecular weight excluding hydrogens is 418 g/mol. The minimum Gasteiger partial charge on any atom is -0.495 e. The number of amides is 2. The fourth-order valence-electron chi connectivity index (χ4n) is 2.60. The van der Waals surface area contributed by atoms with Crippen LogP contribution < -0.4 is 20.2 Å². The highest BCUT2D eigenvalue weighted by atomic mass is 35.5. The normalized spacial score (nSPS) is 10.5. The predicted molar refractivity (Wildman–Crippen MR) is 120 cm³/mol. The second kappa shape index (κ2) is 10.8. The number of hydrogen-bond acceptors (Lipinski definition) is 5. The van der Waals surface area contributed by atoms with E-state index in [2.05, 4.69) is 15.8 Å². The van der Waals surface area contributed by atoms with Crippen molar-refractivity contribution in [1.29, 1.82) is 0 Å². The topological polar surface area (TPSA) is 89.0 Å². The van der Waals surface area contributed by atoms with E-state index in [4.69, 9.17) is 21.1 Å². The van der Waals surface area contributed by atoms with Gasteiger partial charge in [0.2, 0.25) is 0 Å². The number of hydrogen-bond donors (Lipinski definition) is 2. The van der Waals surface area contributed by atoms with Gasteiger partial charge in [0, 0.05) is 10.6 Å². The van der Waals surface area contributed by atoms with Crippen LogP contribution in [0.15, 0.2) is 77.9 Å². The molecule has 0 aromatic heterocycles. The monoisotopic (exact) mass is 437 g/mol. The lowest BCUT2D eigenvalue weighted by molar-refractivity contribution is -0.136. The number of nitrogens with zero attached hydrogens (tertiary/aromatic N) is 1. The van der Waals surface area contributed by atoms with E-state index >= 15 is 0 Å². The zero-order valence-corrected chi connectivity index (χ0v) is 17.4. The van der Waals surface area contributed by atoms with Gasteiger partial charge in [0.05, 0.1) is 19.0 Å². The minimum atomic E-state index is -0.909. The lowest BCUT2D eigenvalue weighted by Crippen LogP contribution is -2.32. The van der Waals surface area contributed by atoms with Crippen molar-refractivity contribution in [3.8, 4) is 11.5 Å². The summed E-state index contributed by atoms with van der Waals surface area (Å²) in [4.78, 5) is 24.0. The molecule has 0 aliphatic rings. The summed E-state index contributed by atoms with van der Waals surface area (Å²) < 4.78 is 10.9. The number of carbonyl (C=O) groups excluding carboxylic acids is 2. The van der Waals surface area contributed by atoms with Crippen LogP contribution in [-0.2, 0) is 16.2 Å². The molecule has 0 saturated carbocycles. The van der Waals surface area contributed by atoms with E-state index in [-0.39, 0.29) is 0 Å². The van der Waals surface area contributed by atoms with Crippen molar-refractivity contribution in [2.45, 2.75) is 6.61 Å². The van der Waals surface area contributed by atoms with Crippen LogP contribution in [0, 0.1) is 0 Å². The van der Waals surface area contributed by atoms with Gasteiger partial charge in [-0.05, 0) is 35.9 Å². The molecule has 8 heteroatoms. The van der Waals surface area contributed by atoms with Crippen LogP contribution in [0.3, 0.4) is 0 Å². The fraction of sp³-hybridized carbons (Fsp3) is 0.0870. The Labute approximate surface area is 184 Å². The maximum Gasteiger partial charge on any atom is 0.329 e. The lowest BCUT2D eigenvalue weighted by Gasteiger charge is -2.09. The smallest absolute Gasteiger partial charge is 0.329 e. The van der Waals surface area contributed by atoms with Crippen LogP contribution >= 0.6 is 11.6 Å². The van der Waals surface area contributed by atoms with Gasteiger partial charge in [-0.15, -0.1) is 0 Å². The highest BCUT2D eigenvalue weighted by molar-refractivity contribution is 6.39. The number of methoxy groups -OCH3 is 1. The summed E-state index contributed by atoms with van der Waals surface area (Å²) in [7, 11) is 1.47. The summed E-state index contributed by atoms with van der Waals surface area (Å²) >= 11 is 6.13. The Kier molecular flexibility index (Phi) is 7.61. The first kappa shape index (κ1) is 21.9. The summed E-state index contributed by atoms with van der Waals surface area (Å²) in [6.07, 6.45) is 1.41. The molecule has 0 aliphatic heterocycles. The molecule has 0 atom stereocenters. The van der Waals surface area contributed by atoms with Gasteiger partial charge in [-0.25, -0.2) is 5.43 Å². The van der Waals surface area contributed by atoms with E-state index in [1.54, 1.807) is 54.6 Å². The molecule has 0 heterocycles. The summed E-state index contributed by atoms with van der Waals surface area (Å²) in [5, 5.41) is 6.94. The number of anilines is 1. The molecule has 0 fully saturated rings. The minimum absolute atomic E-state index is 0.320. The van der Waals surface area contributed by atoms with E-state index in [1.807, 2.05) is 18.2 Å². The number of carbonyl (C=O) groups is 2. The Morgan fingerprint density at radius 1 is 1.00 bits per heavy atom. The molecule has 0 unspecified atom stereocenters. The third-order valence-electron chi connectivity index (χ3n) is 4.15. The van der Waals surface area contributed by atoms with Gasteiger partial charge in [-0.1, -0.05) is 54.1 Å². The summed E-state index contributed by atoms with van der Waals surface area (Å²) in [5.74, 6) is -0.711. The molecule has 3 rings (SSSR count). The lowest BCUT2D eigenvalue weighted by atomic mass is 10.2. The van der Waals surface area contributed by atoms with Crippen LogP contribution in [0.4, 0.5) is 5.69 Å². The number of rotatable bonds is 7. The second-order valence-corrected chi connectivity index (χ2v) is 6.71. The van der Waals surface area contributed by atoms with Gasteiger partial charge >= 0.3 is 11.8 Å². The maximum absolute atomic E-state index is 12.0. The zero-order valence-electron chi connectivity index (χ0n) is 16.7. The van der Waals surface area contributed by atoms with Gasteiger partial charge in [0.15, 0.2) is 0 Å². The first-order valence-electron chi connectivity index (χ1n) is 9.30. The SMILES string of the molecule is COc1ccccc1NC(=O)C(=O)N/N=C/c1cccc(OCc2ccccc2Cl)c1. The quantitative estimate of drug-likeness (QED) is 0.332. The number of nitrogens with one attached hydrogen (secondary N) is 2. The second-order valence-electron chi connectivity index (χ2n) is 6.31. The van der Waals surface area contributed by atoms with Crippen LogP contribution in [0.25, 0.3) is 0 Å². The molecule has 0 spiro atoms. The van der Waals surface area contributed by atoms with Crippen molar-refractivity contribution < 1.29 is 19.1 Å². The molecule has 31 heavy (non-hydrogen) atoms. The van der Waals surface area contributed by atoms with Crippen molar-refractivity contribution in [2.75, 3.05) is 12.4 Å². The Hall–Kier alpha value is -3.84. The van der Waals surface area contributed by atoms with Crippen molar-refractivity contribution in [2.24, 2.45) is 5.10 Å². The number of ether oxygens (including phenoxy) is 2. The molecule has 3 aromatic carbocycles. The Balaban J connectivity index is 1.54. The van der Waals surface area contributed by atoms with E-state index in [0.29, 0.717) is 34.4 Å². The molecule has 0 bridgehead atoms. The molecular formula is C23H20ClN3O4. The number of benzene rings is 3. The highest BCUT2D eigenvalue weighted by Gasteiger charge is 2.14. The Bertz CT molecular complexity index is 1100. The van der Waals surface area contributed by atoms with Gasteiger partial charge in [0.1, 0.15) is 18.1 Å². The zero-order chi connectivity index (χ0) is 22.1. The van der Waals surface area contributed by atoms with Crippen molar-refractivity contribution in [3.63, 3.8) is 0 Å². The number of para-hydroxylation sites is 2. The van der Waals surface area contributed by atoms with Crippen LogP contribution in [0.2, 0.25) is 5.02 Å². The van der Waals surface area contributed by atoms with E-state index in [9.17, 15) is 9.59 Å². The van der Waals surface area contributed by atoms with Crippen LogP contribution in [0.5, 0.6) is 11.5 Å². The largest absolute Gasteiger partial charge is 0.495 e. The van der Waals surface area contributed by atoms with Gasteiger partial charge in [-0.3, -0.25) is 9.59 Å². The molecule has 158 valence electrons. The van der Waals surface area contributed by atoms with E-state index in [1.165, 1.54) is 13.3 Å². The molecule has 7 nitrogen and oxygen atoms in total. The van der Waals surface area contributed by atoms with Crippen molar-refractivity contribution in [1.82, 2.24) is 5.43 Å². The third kappa shape index (κ3) is 6.32. The first-order chi connectivity index (χ1) is 15.1. The third-order valence-corrected chi connectivity index (χ3v) is 4.52. The van der Waals surface area contributed by atoms with Gasteiger partial charge in [-0.2, -0.15) is 5.10 Å². The molecule has 2 amide bonds. The van der Waals surface area contributed by atoms with Crippen LogP contribution in [-0.4, -0.2) is 25.1 Å². The molecule has 0 radical (unpaired) electrons. The van der Waals surface area contributed by atoms with E-state index in [0.717, 1.165) is 5.56 Å². The van der Waals surface area contributed by atoms with Gasteiger partial charge < -0.3 is 14.8 Å². The Morgan fingerprint density at radius 2 is 1.77 bits per heavy atom. The molecule has 2 N–H and O–H groups in total. The average molecular weight is 438 g/mol. The predicted octanol–water partition coefficient (Wildman–Crippen LogP) is 4.02. The summed E-state index contributed by atoms with van der Waals surface area (Å²) in [6.45, 7) is 0.320. The molecule has 3 aromatic rings. The maximum atomic E-state index is 12.0. The first-order valence-corrected chi connectivity index (χ1v) is 9.68. The summed E-state index contributed by atoms with van der Waals surface area (Å²) in [6, 6.07) is 21.3. The number of hydrazone groups is 1. The Morgan fingerprint density at radius 3 is 2.58 bits per heavy atom. The van der Waals surface area contributed by atoms with Crippen molar-refractivity contribution >= 4 is 35.3 Å². The molecule has 0 saturated heterocycles. The standard InChI is InChI=1S/C23H20ClN3O4/c1-30-21-12-5-4-11-20(21)26-22(28)23(29)27-25-14-16-7-6-9-18(13-16)31-15-17-8-2-3-10-19(17)24/h2-14H,15H2,1H3,(H,26,28)(H,27,29)/b25-14+. The fourth-order valence-corrected chi connectivity index (χ4v) is 2.79. The van der Waals surface area contributed by atoms with Crippen LogP contribution in [0.1, 0.15) is 11.1 Å². The highest BCUT2D eigenvalue weighted by Crippen LogP contribution is 2.22.